The molecule has 0 unspecified atom stereocenters. The average molecular weight is 413 g/mol. The van der Waals surface area contributed by atoms with Crippen LogP contribution in [0.3, 0.4) is 0 Å². The lowest BCUT2D eigenvalue weighted by atomic mass is 9.78. The molecule has 1 aromatic carbocycles. The van der Waals surface area contributed by atoms with Crippen LogP contribution in [0.2, 0.25) is 0 Å². The van der Waals surface area contributed by atoms with Crippen LogP contribution >= 0.6 is 11.8 Å². The van der Waals surface area contributed by atoms with E-state index >= 15 is 0 Å². The zero-order valence-electron chi connectivity index (χ0n) is 17.3. The van der Waals surface area contributed by atoms with Gasteiger partial charge < -0.3 is 4.90 Å². The largest absolute Gasteiger partial charge is 0.344 e. The molecule has 1 aliphatic carbocycles. The number of para-hydroxylation sites is 1. The van der Waals surface area contributed by atoms with Crippen molar-refractivity contribution in [3.05, 3.63) is 34.6 Å². The lowest BCUT2D eigenvalue weighted by Gasteiger charge is -2.36. The minimum absolute atomic E-state index is 0.0191. The summed E-state index contributed by atoms with van der Waals surface area (Å²) in [7, 11) is 1.70. The van der Waals surface area contributed by atoms with Crippen LogP contribution in [0, 0.1) is 23.2 Å². The molecule has 1 saturated carbocycles. The monoisotopic (exact) mass is 412 g/mol. The average Bonchev–Trinajstić information content (AvgIpc) is 2.72. The molecule has 3 atom stereocenters. The Morgan fingerprint density at radius 1 is 1.34 bits per heavy atom. The quantitative estimate of drug-likeness (QED) is 0.532. The number of nitrogens with zero attached hydrogens (tertiary/aromatic N) is 4. The molecule has 0 aliphatic heterocycles. The van der Waals surface area contributed by atoms with Gasteiger partial charge in [-0.05, 0) is 30.4 Å². The predicted molar refractivity (Wildman–Crippen MR) is 116 cm³/mol. The van der Waals surface area contributed by atoms with Gasteiger partial charge in [0.15, 0.2) is 5.16 Å². The minimum Gasteiger partial charge on any atom is -0.344 e. The molecule has 7 heteroatoms. The highest BCUT2D eigenvalue weighted by Gasteiger charge is 2.31. The number of aromatic nitrogens is 2. The lowest BCUT2D eigenvalue weighted by molar-refractivity contribution is -0.127. The van der Waals surface area contributed by atoms with E-state index in [-0.39, 0.29) is 23.3 Å². The Hall–Kier alpha value is -2.33. The number of rotatable bonds is 6. The second-order valence-electron chi connectivity index (χ2n) is 7.93. The summed E-state index contributed by atoms with van der Waals surface area (Å²) in [5.74, 6) is 1.05. The van der Waals surface area contributed by atoms with Gasteiger partial charge in [0.2, 0.25) is 5.91 Å². The van der Waals surface area contributed by atoms with Crippen LogP contribution in [0.1, 0.15) is 45.6 Å². The zero-order valence-corrected chi connectivity index (χ0v) is 18.1. The maximum Gasteiger partial charge on any atom is 0.262 e. The number of hydrogen-bond donors (Lipinski definition) is 0. The van der Waals surface area contributed by atoms with Gasteiger partial charge in [-0.2, -0.15) is 5.26 Å². The molecule has 0 saturated heterocycles. The Labute approximate surface area is 175 Å². The van der Waals surface area contributed by atoms with Gasteiger partial charge in [0.1, 0.15) is 0 Å². The zero-order chi connectivity index (χ0) is 21.0. The topological polar surface area (TPSA) is 79.0 Å². The molecule has 154 valence electrons. The number of fused-ring (bicyclic) bond motifs is 1. The van der Waals surface area contributed by atoms with Gasteiger partial charge in [-0.1, -0.05) is 50.6 Å². The molecule has 1 heterocycles. The number of thioether (sulfide) groups is 1. The Kier molecular flexibility index (Phi) is 6.96. The van der Waals surface area contributed by atoms with Crippen molar-refractivity contribution in [1.29, 1.82) is 5.26 Å². The van der Waals surface area contributed by atoms with Crippen molar-refractivity contribution in [2.75, 3.05) is 19.3 Å². The van der Waals surface area contributed by atoms with Gasteiger partial charge in [0, 0.05) is 19.6 Å². The van der Waals surface area contributed by atoms with E-state index in [1.807, 2.05) is 28.8 Å². The summed E-state index contributed by atoms with van der Waals surface area (Å²) in [5, 5.41) is 9.96. The Balaban J connectivity index is 1.96. The first-order valence-electron chi connectivity index (χ1n) is 10.2. The van der Waals surface area contributed by atoms with Gasteiger partial charge in [0.05, 0.1) is 29.1 Å². The van der Waals surface area contributed by atoms with Crippen molar-refractivity contribution >= 4 is 28.6 Å². The molecular formula is C22H28N4O2S. The van der Waals surface area contributed by atoms with E-state index in [0.29, 0.717) is 40.9 Å². The molecule has 2 aromatic rings. The van der Waals surface area contributed by atoms with E-state index in [2.05, 4.69) is 19.9 Å². The van der Waals surface area contributed by atoms with Crippen LogP contribution in [0.15, 0.2) is 34.2 Å². The van der Waals surface area contributed by atoms with Crippen LogP contribution in [-0.4, -0.2) is 39.7 Å². The predicted octanol–water partition coefficient (Wildman–Crippen LogP) is 3.86. The van der Waals surface area contributed by atoms with E-state index in [1.54, 1.807) is 11.9 Å². The van der Waals surface area contributed by atoms with Crippen molar-refractivity contribution in [1.82, 2.24) is 14.5 Å². The van der Waals surface area contributed by atoms with E-state index < -0.39 is 0 Å². The highest BCUT2D eigenvalue weighted by molar-refractivity contribution is 7.99. The van der Waals surface area contributed by atoms with E-state index in [1.165, 1.54) is 18.2 Å². The number of hydrogen-bond acceptors (Lipinski definition) is 5. The van der Waals surface area contributed by atoms with Crippen LogP contribution in [-0.2, 0) is 4.79 Å². The fourth-order valence-electron chi connectivity index (χ4n) is 4.02. The SMILES string of the molecule is C[C@@H]1[C@H](C)CCC[C@H]1n1c(SCC(=O)N(C)CCC#N)nc2ccccc2c1=O. The Morgan fingerprint density at radius 3 is 2.86 bits per heavy atom. The third-order valence-electron chi connectivity index (χ3n) is 6.08. The first-order chi connectivity index (χ1) is 13.9. The van der Waals surface area contributed by atoms with Gasteiger partial charge in [-0.15, -0.1) is 0 Å². The summed E-state index contributed by atoms with van der Waals surface area (Å²) in [5.41, 5.74) is 0.646. The first kappa shape index (κ1) is 21.4. The molecular weight excluding hydrogens is 384 g/mol. The van der Waals surface area contributed by atoms with Crippen molar-refractivity contribution in [3.8, 4) is 6.07 Å². The molecule has 3 rings (SSSR count). The molecule has 1 aromatic heterocycles. The van der Waals surface area contributed by atoms with Crippen molar-refractivity contribution in [2.45, 2.75) is 50.7 Å². The van der Waals surface area contributed by atoms with Gasteiger partial charge >= 0.3 is 0 Å². The highest BCUT2D eigenvalue weighted by atomic mass is 32.2. The third-order valence-corrected chi connectivity index (χ3v) is 7.02. The normalized spacial score (nSPS) is 21.7. The van der Waals surface area contributed by atoms with Gasteiger partial charge in [-0.3, -0.25) is 14.2 Å². The van der Waals surface area contributed by atoms with Gasteiger partial charge in [0.25, 0.3) is 5.56 Å². The van der Waals surface area contributed by atoms with E-state index in [9.17, 15) is 9.59 Å². The smallest absolute Gasteiger partial charge is 0.262 e. The molecule has 1 fully saturated rings. The molecule has 0 radical (unpaired) electrons. The summed E-state index contributed by atoms with van der Waals surface area (Å²) in [6, 6.07) is 9.56. The van der Waals surface area contributed by atoms with Crippen molar-refractivity contribution in [3.63, 3.8) is 0 Å². The molecule has 0 bridgehead atoms. The Bertz CT molecular complexity index is 981. The molecule has 6 nitrogen and oxygen atoms in total. The molecule has 1 amide bonds. The maximum atomic E-state index is 13.4. The summed E-state index contributed by atoms with van der Waals surface area (Å²) in [4.78, 5) is 32.2. The number of carbonyl (C=O) groups excluding carboxylic acids is 1. The first-order valence-corrected chi connectivity index (χ1v) is 11.2. The van der Waals surface area contributed by atoms with Crippen LogP contribution in [0.4, 0.5) is 0 Å². The second-order valence-corrected chi connectivity index (χ2v) is 8.88. The molecule has 0 spiro atoms. The second kappa shape index (κ2) is 9.45. The van der Waals surface area contributed by atoms with E-state index in [0.717, 1.165) is 12.8 Å². The Morgan fingerprint density at radius 2 is 2.10 bits per heavy atom. The molecule has 0 N–H and O–H groups in total. The van der Waals surface area contributed by atoms with Crippen molar-refractivity contribution in [2.24, 2.45) is 11.8 Å². The maximum absolute atomic E-state index is 13.4. The fourth-order valence-corrected chi connectivity index (χ4v) is 5.01. The van der Waals surface area contributed by atoms with Crippen LogP contribution in [0.5, 0.6) is 0 Å². The molecule has 1 aliphatic rings. The van der Waals surface area contributed by atoms with Crippen LogP contribution in [0.25, 0.3) is 10.9 Å². The highest BCUT2D eigenvalue weighted by Crippen LogP contribution is 2.38. The number of nitriles is 1. The van der Waals surface area contributed by atoms with E-state index in [4.69, 9.17) is 10.2 Å². The molecule has 29 heavy (non-hydrogen) atoms. The van der Waals surface area contributed by atoms with Gasteiger partial charge in [-0.25, -0.2) is 4.98 Å². The summed E-state index contributed by atoms with van der Waals surface area (Å²) >= 11 is 1.32. The standard InChI is InChI=1S/C22H28N4O2S/c1-15-8-6-11-19(16(15)2)26-21(28)17-9-4-5-10-18(17)24-22(26)29-14-20(27)25(3)13-7-12-23/h4-5,9-10,15-16,19H,6-8,11,13-14H2,1-3H3/t15-,16-,19-/m1/s1. The third kappa shape index (κ3) is 4.64. The minimum atomic E-state index is -0.0655. The summed E-state index contributed by atoms with van der Waals surface area (Å²) in [6.07, 6.45) is 3.53. The van der Waals surface area contributed by atoms with Crippen molar-refractivity contribution < 1.29 is 4.79 Å². The fraction of sp³-hybridized carbons (Fsp3) is 0.545. The number of carbonyl (C=O) groups is 1. The summed E-state index contributed by atoms with van der Waals surface area (Å²) < 4.78 is 1.84. The number of benzene rings is 1. The number of amides is 1. The lowest BCUT2D eigenvalue weighted by Crippen LogP contribution is -2.36. The summed E-state index contributed by atoms with van der Waals surface area (Å²) in [6.45, 7) is 4.87. The van der Waals surface area contributed by atoms with Crippen LogP contribution < -0.4 is 5.56 Å².